The largest absolute Gasteiger partial charge is 0.300 e. The van der Waals surface area contributed by atoms with Gasteiger partial charge in [-0.2, -0.15) is 0 Å². The fraction of sp³-hybridized carbons (Fsp3) is 0.429. The van der Waals surface area contributed by atoms with Crippen LogP contribution in [-0.4, -0.2) is 24.5 Å². The van der Waals surface area contributed by atoms with Crippen molar-refractivity contribution in [1.29, 1.82) is 0 Å². The van der Waals surface area contributed by atoms with Gasteiger partial charge >= 0.3 is 0 Å². The Hall–Kier alpha value is -1.31. The molecule has 1 aliphatic carbocycles. The van der Waals surface area contributed by atoms with Crippen molar-refractivity contribution < 1.29 is 0 Å². The summed E-state index contributed by atoms with van der Waals surface area (Å²) in [6, 6.07) is 6.55. The van der Waals surface area contributed by atoms with Gasteiger partial charge in [-0.1, -0.05) is 53.6 Å². The summed E-state index contributed by atoms with van der Waals surface area (Å²) >= 11 is 6.46. The molecular weight excluding hydrogens is 302 g/mol. The average Bonchev–Trinajstić information content (AvgIpc) is 3.35. The van der Waals surface area contributed by atoms with Gasteiger partial charge < -0.3 is 4.90 Å². The van der Waals surface area contributed by atoms with Gasteiger partial charge in [0, 0.05) is 24.7 Å². The quantitative estimate of drug-likeness (QED) is 0.636. The van der Waals surface area contributed by atoms with Gasteiger partial charge in [0.1, 0.15) is 0 Å². The molecule has 0 unspecified atom stereocenters. The highest BCUT2D eigenvalue weighted by atomic mass is 35.5. The molecule has 122 valence electrons. The SMILES string of the molecule is C=C(C)C1=CCCCC(Cc2cc(CCN3CC3)ccc2Cl)=C1. The normalized spacial score (nSPS) is 18.2. The van der Waals surface area contributed by atoms with E-state index in [1.54, 1.807) is 0 Å². The molecule has 1 nitrogen and oxygen atoms in total. The number of rotatable bonds is 6. The van der Waals surface area contributed by atoms with E-state index in [1.165, 1.54) is 48.3 Å². The standard InChI is InChI=1S/C21H26ClN/c1-16(2)19-6-4-3-5-18(14-19)15-20-13-17(7-8-21(20)22)9-10-23-11-12-23/h6-8,13-14H,1,3-5,9-12,15H2,2H3. The molecule has 23 heavy (non-hydrogen) atoms. The Morgan fingerprint density at radius 1 is 1.30 bits per heavy atom. The maximum atomic E-state index is 6.46. The summed E-state index contributed by atoms with van der Waals surface area (Å²) in [5, 5.41) is 0.895. The summed E-state index contributed by atoms with van der Waals surface area (Å²) in [7, 11) is 0. The van der Waals surface area contributed by atoms with Gasteiger partial charge in [0.25, 0.3) is 0 Å². The fourth-order valence-corrected chi connectivity index (χ4v) is 3.30. The highest BCUT2D eigenvalue weighted by molar-refractivity contribution is 6.31. The first-order chi connectivity index (χ1) is 11.1. The smallest absolute Gasteiger partial charge is 0.0441 e. The minimum atomic E-state index is 0.895. The van der Waals surface area contributed by atoms with E-state index in [-0.39, 0.29) is 0 Å². The topological polar surface area (TPSA) is 3.01 Å². The first kappa shape index (κ1) is 16.5. The lowest BCUT2D eigenvalue weighted by Gasteiger charge is -2.11. The van der Waals surface area contributed by atoms with E-state index in [1.807, 2.05) is 0 Å². The lowest BCUT2D eigenvalue weighted by molar-refractivity contribution is 0.561. The third-order valence-corrected chi connectivity index (χ3v) is 5.07. The van der Waals surface area contributed by atoms with Crippen LogP contribution in [0.2, 0.25) is 5.02 Å². The molecule has 2 heteroatoms. The molecule has 1 fully saturated rings. The van der Waals surface area contributed by atoms with Crippen molar-refractivity contribution in [2.24, 2.45) is 0 Å². The molecule has 0 spiro atoms. The molecule has 2 aliphatic rings. The van der Waals surface area contributed by atoms with Gasteiger partial charge in [0.15, 0.2) is 0 Å². The molecule has 1 saturated heterocycles. The molecule has 0 bridgehead atoms. The van der Waals surface area contributed by atoms with Crippen molar-refractivity contribution in [3.8, 4) is 0 Å². The number of hydrogen-bond donors (Lipinski definition) is 0. The molecule has 0 aromatic heterocycles. The lowest BCUT2D eigenvalue weighted by atomic mass is 9.97. The minimum Gasteiger partial charge on any atom is -0.300 e. The Balaban J connectivity index is 1.73. The van der Waals surface area contributed by atoms with Gasteiger partial charge in [0.2, 0.25) is 0 Å². The van der Waals surface area contributed by atoms with Crippen LogP contribution in [0.25, 0.3) is 0 Å². The van der Waals surface area contributed by atoms with Crippen LogP contribution < -0.4 is 0 Å². The van der Waals surface area contributed by atoms with Crippen molar-refractivity contribution in [3.63, 3.8) is 0 Å². The van der Waals surface area contributed by atoms with Crippen LogP contribution in [-0.2, 0) is 12.8 Å². The van der Waals surface area contributed by atoms with E-state index in [0.717, 1.165) is 36.3 Å². The zero-order valence-corrected chi connectivity index (χ0v) is 14.8. The van der Waals surface area contributed by atoms with E-state index in [9.17, 15) is 0 Å². The van der Waals surface area contributed by atoms with E-state index < -0.39 is 0 Å². The zero-order chi connectivity index (χ0) is 16.2. The Morgan fingerprint density at radius 3 is 2.87 bits per heavy atom. The Kier molecular flexibility index (Phi) is 5.40. The summed E-state index contributed by atoms with van der Waals surface area (Å²) in [6.07, 6.45) is 10.2. The van der Waals surface area contributed by atoms with Crippen LogP contribution in [0.1, 0.15) is 37.3 Å². The second kappa shape index (κ2) is 7.51. The van der Waals surface area contributed by atoms with Gasteiger partial charge in [-0.25, -0.2) is 0 Å². The Labute approximate surface area is 145 Å². The van der Waals surface area contributed by atoms with Crippen LogP contribution in [0.3, 0.4) is 0 Å². The Bertz CT molecular complexity index is 650. The molecule has 1 aliphatic heterocycles. The molecule has 0 atom stereocenters. The van der Waals surface area contributed by atoms with Gasteiger partial charge in [-0.05, 0) is 61.8 Å². The van der Waals surface area contributed by atoms with Crippen molar-refractivity contribution in [2.45, 2.75) is 39.0 Å². The number of hydrogen-bond acceptors (Lipinski definition) is 1. The summed E-state index contributed by atoms with van der Waals surface area (Å²) in [5.74, 6) is 0. The highest BCUT2D eigenvalue weighted by Gasteiger charge is 2.16. The van der Waals surface area contributed by atoms with E-state index >= 15 is 0 Å². The third kappa shape index (κ3) is 4.83. The van der Waals surface area contributed by atoms with E-state index in [4.69, 9.17) is 11.6 Å². The summed E-state index contributed by atoms with van der Waals surface area (Å²) in [4.78, 5) is 2.46. The molecule has 1 aromatic rings. The molecule has 0 N–H and O–H groups in total. The maximum absolute atomic E-state index is 6.46. The molecule has 0 radical (unpaired) electrons. The van der Waals surface area contributed by atoms with Crippen LogP contribution >= 0.6 is 11.6 Å². The van der Waals surface area contributed by atoms with Crippen molar-refractivity contribution in [3.05, 3.63) is 69.8 Å². The van der Waals surface area contributed by atoms with Crippen molar-refractivity contribution in [2.75, 3.05) is 19.6 Å². The summed E-state index contributed by atoms with van der Waals surface area (Å²) in [6.45, 7) is 9.89. The first-order valence-electron chi connectivity index (χ1n) is 8.67. The first-order valence-corrected chi connectivity index (χ1v) is 9.05. The molecule has 0 amide bonds. The molecule has 1 aromatic carbocycles. The fourth-order valence-electron chi connectivity index (χ4n) is 3.12. The van der Waals surface area contributed by atoms with Crippen molar-refractivity contribution >= 4 is 11.6 Å². The number of allylic oxidation sites excluding steroid dienone is 5. The van der Waals surface area contributed by atoms with Crippen molar-refractivity contribution in [1.82, 2.24) is 4.90 Å². The zero-order valence-electron chi connectivity index (χ0n) is 14.1. The van der Waals surface area contributed by atoms with Crippen LogP contribution in [0, 0.1) is 0 Å². The van der Waals surface area contributed by atoms with Gasteiger partial charge in [-0.15, -0.1) is 0 Å². The second-order valence-corrected chi connectivity index (χ2v) is 7.24. The highest BCUT2D eigenvalue weighted by Crippen LogP contribution is 2.27. The number of nitrogens with zero attached hydrogens (tertiary/aromatic N) is 1. The monoisotopic (exact) mass is 327 g/mol. The van der Waals surface area contributed by atoms with Gasteiger partial charge in [0.05, 0.1) is 0 Å². The van der Waals surface area contributed by atoms with Gasteiger partial charge in [-0.3, -0.25) is 0 Å². The molecular formula is C21H26ClN. The van der Waals surface area contributed by atoms with Crippen LogP contribution in [0.4, 0.5) is 0 Å². The molecule has 3 rings (SSSR count). The summed E-state index contributed by atoms with van der Waals surface area (Å²) < 4.78 is 0. The predicted molar refractivity (Wildman–Crippen MR) is 100 cm³/mol. The van der Waals surface area contributed by atoms with Crippen LogP contribution in [0.15, 0.2) is 53.6 Å². The number of halogens is 1. The van der Waals surface area contributed by atoms with E-state index in [2.05, 4.69) is 48.8 Å². The van der Waals surface area contributed by atoms with E-state index in [0.29, 0.717) is 0 Å². The second-order valence-electron chi connectivity index (χ2n) is 6.83. The third-order valence-electron chi connectivity index (χ3n) is 4.70. The predicted octanol–water partition coefficient (Wildman–Crippen LogP) is 5.35. The molecule has 0 saturated carbocycles. The molecule has 1 heterocycles. The summed E-state index contributed by atoms with van der Waals surface area (Å²) in [5.41, 5.74) is 6.60. The lowest BCUT2D eigenvalue weighted by Crippen LogP contribution is -2.03. The Morgan fingerprint density at radius 2 is 2.13 bits per heavy atom. The minimum absolute atomic E-state index is 0.895. The average molecular weight is 328 g/mol. The van der Waals surface area contributed by atoms with Crippen LogP contribution in [0.5, 0.6) is 0 Å². The number of benzene rings is 1. The maximum Gasteiger partial charge on any atom is 0.0441 e.